The fourth-order valence-electron chi connectivity index (χ4n) is 1.40. The number of hydrogen-bond acceptors (Lipinski definition) is 2. The Morgan fingerprint density at radius 1 is 1.33 bits per heavy atom. The summed E-state index contributed by atoms with van der Waals surface area (Å²) >= 11 is 0. The molecule has 0 spiro atoms. The van der Waals surface area contributed by atoms with Crippen LogP contribution in [0.2, 0.25) is 0 Å². The second-order valence-electron chi connectivity index (χ2n) is 2.78. The quantitative estimate of drug-likeness (QED) is 0.509. The summed E-state index contributed by atoms with van der Waals surface area (Å²) < 4.78 is 0. The Kier molecular flexibility index (Phi) is 2.22. The standard InChI is InChI=1S/C7H14N2/c8-5-6-3-1-2-4-7(6)9/h5-8H,1-4,9H2. The molecule has 0 aromatic carbocycles. The van der Waals surface area contributed by atoms with E-state index in [9.17, 15) is 0 Å². The molecule has 1 rings (SSSR count). The van der Waals surface area contributed by atoms with Crippen LogP contribution in [0, 0.1) is 11.3 Å². The number of nitrogens with one attached hydrogen (secondary N) is 1. The maximum absolute atomic E-state index is 7.02. The number of nitrogens with two attached hydrogens (primary N) is 1. The molecule has 0 saturated heterocycles. The average molecular weight is 126 g/mol. The smallest absolute Gasteiger partial charge is 0.0117 e. The van der Waals surface area contributed by atoms with Gasteiger partial charge in [-0.3, -0.25) is 0 Å². The van der Waals surface area contributed by atoms with E-state index in [0.29, 0.717) is 5.92 Å². The SMILES string of the molecule is N=CC1CCCCC1N. The summed E-state index contributed by atoms with van der Waals surface area (Å²) in [5, 5.41) is 7.02. The normalized spacial score (nSPS) is 36.1. The Hall–Kier alpha value is -0.370. The van der Waals surface area contributed by atoms with Crippen LogP contribution in [-0.2, 0) is 0 Å². The van der Waals surface area contributed by atoms with Gasteiger partial charge in [0.15, 0.2) is 0 Å². The molecule has 1 aliphatic carbocycles. The van der Waals surface area contributed by atoms with Gasteiger partial charge in [0.2, 0.25) is 0 Å². The van der Waals surface area contributed by atoms with Crippen LogP contribution in [0.15, 0.2) is 0 Å². The van der Waals surface area contributed by atoms with E-state index in [-0.39, 0.29) is 6.04 Å². The van der Waals surface area contributed by atoms with Crippen molar-refractivity contribution in [2.24, 2.45) is 11.7 Å². The zero-order valence-corrected chi connectivity index (χ0v) is 5.64. The predicted molar refractivity (Wildman–Crippen MR) is 38.7 cm³/mol. The highest BCUT2D eigenvalue weighted by Gasteiger charge is 2.18. The van der Waals surface area contributed by atoms with Crippen LogP contribution >= 0.6 is 0 Å². The molecular weight excluding hydrogens is 112 g/mol. The Morgan fingerprint density at radius 2 is 2.00 bits per heavy atom. The highest BCUT2D eigenvalue weighted by atomic mass is 14.7. The van der Waals surface area contributed by atoms with Crippen LogP contribution in [0.1, 0.15) is 25.7 Å². The molecule has 1 saturated carbocycles. The molecule has 1 aliphatic rings. The minimum atomic E-state index is 0.274. The van der Waals surface area contributed by atoms with Gasteiger partial charge in [0, 0.05) is 12.0 Å². The van der Waals surface area contributed by atoms with Crippen LogP contribution < -0.4 is 5.73 Å². The van der Waals surface area contributed by atoms with Crippen LogP contribution in [-0.4, -0.2) is 12.3 Å². The summed E-state index contributed by atoms with van der Waals surface area (Å²) in [5.74, 6) is 0.374. The molecule has 52 valence electrons. The van der Waals surface area contributed by atoms with E-state index < -0.39 is 0 Å². The molecule has 0 aliphatic heterocycles. The van der Waals surface area contributed by atoms with Crippen molar-refractivity contribution < 1.29 is 0 Å². The highest BCUT2D eigenvalue weighted by molar-refractivity contribution is 5.58. The first kappa shape index (κ1) is 6.75. The van der Waals surface area contributed by atoms with Gasteiger partial charge >= 0.3 is 0 Å². The topological polar surface area (TPSA) is 49.9 Å². The molecule has 9 heavy (non-hydrogen) atoms. The zero-order chi connectivity index (χ0) is 6.69. The van der Waals surface area contributed by atoms with Gasteiger partial charge in [0.05, 0.1) is 0 Å². The van der Waals surface area contributed by atoms with Crippen molar-refractivity contribution in [1.82, 2.24) is 0 Å². The van der Waals surface area contributed by atoms with Gasteiger partial charge in [-0.1, -0.05) is 12.8 Å². The first-order valence-electron chi connectivity index (χ1n) is 3.61. The molecular formula is C7H14N2. The minimum absolute atomic E-state index is 0.274. The first-order chi connectivity index (χ1) is 4.34. The summed E-state index contributed by atoms with van der Waals surface area (Å²) in [6, 6.07) is 0.274. The van der Waals surface area contributed by atoms with Crippen molar-refractivity contribution in [3.05, 3.63) is 0 Å². The molecule has 2 unspecified atom stereocenters. The third kappa shape index (κ3) is 1.52. The van der Waals surface area contributed by atoms with E-state index >= 15 is 0 Å². The molecule has 2 nitrogen and oxygen atoms in total. The van der Waals surface area contributed by atoms with Crippen LogP contribution in [0.25, 0.3) is 0 Å². The van der Waals surface area contributed by atoms with Crippen molar-refractivity contribution in [3.63, 3.8) is 0 Å². The van der Waals surface area contributed by atoms with E-state index in [1.165, 1.54) is 19.1 Å². The molecule has 0 heterocycles. The van der Waals surface area contributed by atoms with Crippen molar-refractivity contribution in [3.8, 4) is 0 Å². The molecule has 2 atom stereocenters. The van der Waals surface area contributed by atoms with Gasteiger partial charge in [-0.2, -0.15) is 0 Å². The van der Waals surface area contributed by atoms with Crippen LogP contribution in [0.5, 0.6) is 0 Å². The van der Waals surface area contributed by atoms with Crippen molar-refractivity contribution >= 4 is 6.21 Å². The highest BCUT2D eigenvalue weighted by Crippen LogP contribution is 2.20. The largest absolute Gasteiger partial charge is 0.327 e. The second-order valence-corrected chi connectivity index (χ2v) is 2.78. The van der Waals surface area contributed by atoms with E-state index in [1.807, 2.05) is 0 Å². The summed E-state index contributed by atoms with van der Waals surface area (Å²) in [7, 11) is 0. The van der Waals surface area contributed by atoms with Crippen LogP contribution in [0.4, 0.5) is 0 Å². The summed E-state index contributed by atoms with van der Waals surface area (Å²) in [4.78, 5) is 0. The molecule has 0 aromatic rings. The third-order valence-electron chi connectivity index (χ3n) is 2.09. The molecule has 0 amide bonds. The maximum atomic E-state index is 7.02. The average Bonchev–Trinajstić information content (AvgIpc) is 1.89. The van der Waals surface area contributed by atoms with Gasteiger partial charge in [-0.25, -0.2) is 0 Å². The van der Waals surface area contributed by atoms with Crippen molar-refractivity contribution in [2.45, 2.75) is 31.7 Å². The van der Waals surface area contributed by atoms with Gasteiger partial charge in [-0.05, 0) is 19.1 Å². The molecule has 2 heteroatoms. The third-order valence-corrected chi connectivity index (χ3v) is 2.09. The zero-order valence-electron chi connectivity index (χ0n) is 5.64. The Balaban J connectivity index is 2.38. The van der Waals surface area contributed by atoms with E-state index in [4.69, 9.17) is 11.1 Å². The fourth-order valence-corrected chi connectivity index (χ4v) is 1.40. The Bertz CT molecular complexity index is 101. The summed E-state index contributed by atoms with van der Waals surface area (Å²) in [5.41, 5.74) is 5.74. The molecule has 0 radical (unpaired) electrons. The second kappa shape index (κ2) is 2.97. The molecule has 3 N–H and O–H groups in total. The molecule has 1 fully saturated rings. The fraction of sp³-hybridized carbons (Fsp3) is 0.857. The molecule has 0 bridgehead atoms. The summed E-state index contributed by atoms with van der Waals surface area (Å²) in [6.45, 7) is 0. The monoisotopic (exact) mass is 126 g/mol. The van der Waals surface area contributed by atoms with Crippen molar-refractivity contribution in [2.75, 3.05) is 0 Å². The predicted octanol–water partition coefficient (Wildman–Crippen LogP) is 1.15. The first-order valence-corrected chi connectivity index (χ1v) is 3.61. The van der Waals surface area contributed by atoms with Gasteiger partial charge in [0.25, 0.3) is 0 Å². The van der Waals surface area contributed by atoms with Crippen LogP contribution in [0.3, 0.4) is 0 Å². The lowest BCUT2D eigenvalue weighted by Crippen LogP contribution is -2.33. The van der Waals surface area contributed by atoms with Gasteiger partial charge in [0.1, 0.15) is 0 Å². The Labute approximate surface area is 55.9 Å². The Morgan fingerprint density at radius 3 is 2.44 bits per heavy atom. The minimum Gasteiger partial charge on any atom is -0.327 e. The maximum Gasteiger partial charge on any atom is 0.0117 e. The molecule has 0 aromatic heterocycles. The van der Waals surface area contributed by atoms with E-state index in [2.05, 4.69) is 0 Å². The number of hydrogen-bond donors (Lipinski definition) is 2. The van der Waals surface area contributed by atoms with E-state index in [1.54, 1.807) is 0 Å². The number of rotatable bonds is 1. The van der Waals surface area contributed by atoms with Gasteiger partial charge < -0.3 is 11.1 Å². The lowest BCUT2D eigenvalue weighted by molar-refractivity contribution is 0.384. The lowest BCUT2D eigenvalue weighted by Gasteiger charge is -2.24. The van der Waals surface area contributed by atoms with E-state index in [0.717, 1.165) is 12.8 Å². The van der Waals surface area contributed by atoms with Crippen molar-refractivity contribution in [1.29, 1.82) is 5.41 Å². The summed E-state index contributed by atoms with van der Waals surface area (Å²) in [6.07, 6.45) is 6.26. The lowest BCUT2D eigenvalue weighted by atomic mass is 9.86. The van der Waals surface area contributed by atoms with Gasteiger partial charge in [-0.15, -0.1) is 0 Å².